The van der Waals surface area contributed by atoms with Crippen molar-refractivity contribution in [3.63, 3.8) is 0 Å². The van der Waals surface area contributed by atoms with Gasteiger partial charge in [0.05, 0.1) is 6.67 Å². The topological polar surface area (TPSA) is 115 Å². The molecule has 0 heterocycles. The highest BCUT2D eigenvalue weighted by molar-refractivity contribution is 5.87. The van der Waals surface area contributed by atoms with Gasteiger partial charge in [0.15, 0.2) is 6.73 Å². The summed E-state index contributed by atoms with van der Waals surface area (Å²) < 4.78 is 13.5. The minimum atomic E-state index is -0.893. The van der Waals surface area contributed by atoms with E-state index in [1.54, 1.807) is 7.05 Å². The van der Waals surface area contributed by atoms with Crippen LogP contribution in [0.15, 0.2) is 12.2 Å². The summed E-state index contributed by atoms with van der Waals surface area (Å²) in [6.07, 6.45) is -1.63. The van der Waals surface area contributed by atoms with Crippen LogP contribution < -0.4 is 16.0 Å². The van der Waals surface area contributed by atoms with Gasteiger partial charge in [0.2, 0.25) is 6.79 Å². The highest BCUT2D eigenvalue weighted by Crippen LogP contribution is 1.90. The van der Waals surface area contributed by atoms with Crippen LogP contribution in [0.25, 0.3) is 0 Å². The van der Waals surface area contributed by atoms with Crippen molar-refractivity contribution < 1.29 is 28.6 Å². The molecule has 0 bridgehead atoms. The first-order valence-corrected chi connectivity index (χ1v) is 5.25. The number of carbonyl (C=O) groups is 3. The molecule has 19 heavy (non-hydrogen) atoms. The number of nitrogens with one attached hydrogen (secondary N) is 3. The van der Waals surface area contributed by atoms with Crippen LogP contribution >= 0.6 is 0 Å². The minimum absolute atomic E-state index is 0.208. The molecule has 9 heteroatoms. The third kappa shape index (κ3) is 9.41. The molecule has 0 rings (SSSR count). The number of esters is 1. The van der Waals surface area contributed by atoms with Crippen molar-refractivity contribution >= 4 is 18.2 Å². The van der Waals surface area contributed by atoms with E-state index in [-0.39, 0.29) is 19.0 Å². The van der Waals surface area contributed by atoms with Gasteiger partial charge in [-0.15, -0.1) is 0 Å². The minimum Gasteiger partial charge on any atom is -0.441 e. The molecule has 108 valence electrons. The van der Waals surface area contributed by atoms with Gasteiger partial charge in [-0.1, -0.05) is 6.58 Å². The Kier molecular flexibility index (Phi) is 8.54. The van der Waals surface area contributed by atoms with E-state index in [1.165, 1.54) is 6.92 Å². The number of hydrogen-bond donors (Lipinski definition) is 3. The highest BCUT2D eigenvalue weighted by Gasteiger charge is 2.06. The molecule has 3 N–H and O–H groups in total. The molecular formula is C10H17N3O6. The summed E-state index contributed by atoms with van der Waals surface area (Å²) in [7, 11) is 1.64. The molecular weight excluding hydrogens is 258 g/mol. The van der Waals surface area contributed by atoms with E-state index in [0.29, 0.717) is 0 Å². The zero-order chi connectivity index (χ0) is 14.7. The van der Waals surface area contributed by atoms with E-state index in [0.717, 1.165) is 0 Å². The second kappa shape index (κ2) is 9.71. The van der Waals surface area contributed by atoms with Gasteiger partial charge >= 0.3 is 18.2 Å². The van der Waals surface area contributed by atoms with Crippen LogP contribution in [0.1, 0.15) is 6.92 Å². The molecule has 0 atom stereocenters. The summed E-state index contributed by atoms with van der Waals surface area (Å²) in [5.41, 5.74) is 0.208. The average molecular weight is 275 g/mol. The van der Waals surface area contributed by atoms with Crippen LogP contribution in [0, 0.1) is 0 Å². The van der Waals surface area contributed by atoms with E-state index >= 15 is 0 Å². The molecule has 9 nitrogen and oxygen atoms in total. The van der Waals surface area contributed by atoms with Crippen LogP contribution in [-0.2, 0) is 19.0 Å². The van der Waals surface area contributed by atoms with Gasteiger partial charge in [0, 0.05) is 5.57 Å². The first-order valence-electron chi connectivity index (χ1n) is 5.25. The summed E-state index contributed by atoms with van der Waals surface area (Å²) in [5.74, 6) is -0.636. The molecule has 0 aromatic carbocycles. The summed E-state index contributed by atoms with van der Waals surface area (Å²) in [6, 6.07) is 0. The Morgan fingerprint density at radius 1 is 1.05 bits per heavy atom. The van der Waals surface area contributed by atoms with Gasteiger partial charge in [-0.3, -0.25) is 5.32 Å². The average Bonchev–Trinajstić information content (AvgIpc) is 2.36. The van der Waals surface area contributed by atoms with Gasteiger partial charge in [0.1, 0.15) is 0 Å². The maximum absolute atomic E-state index is 11.0. The largest absolute Gasteiger partial charge is 0.441 e. The van der Waals surface area contributed by atoms with Crippen molar-refractivity contribution in [3.8, 4) is 0 Å². The Labute approximate surface area is 110 Å². The fourth-order valence-electron chi connectivity index (χ4n) is 0.683. The van der Waals surface area contributed by atoms with Crippen molar-refractivity contribution in [1.82, 2.24) is 16.0 Å². The van der Waals surface area contributed by atoms with Crippen molar-refractivity contribution in [1.29, 1.82) is 0 Å². The van der Waals surface area contributed by atoms with Crippen molar-refractivity contribution in [3.05, 3.63) is 12.2 Å². The van der Waals surface area contributed by atoms with E-state index in [9.17, 15) is 14.4 Å². The Bertz CT molecular complexity index is 344. The van der Waals surface area contributed by atoms with Crippen LogP contribution in [-0.4, -0.2) is 45.4 Å². The third-order valence-electron chi connectivity index (χ3n) is 1.56. The number of rotatable bonds is 7. The number of amides is 2. The monoisotopic (exact) mass is 275 g/mol. The molecule has 0 aliphatic heterocycles. The molecule has 2 amide bonds. The Morgan fingerprint density at radius 2 is 1.63 bits per heavy atom. The number of ether oxygens (including phenoxy) is 3. The van der Waals surface area contributed by atoms with Crippen molar-refractivity contribution in [2.45, 2.75) is 6.92 Å². The van der Waals surface area contributed by atoms with Crippen LogP contribution in [0.4, 0.5) is 9.59 Å². The number of carbonyl (C=O) groups excluding carboxylic acids is 3. The van der Waals surface area contributed by atoms with E-state index in [4.69, 9.17) is 0 Å². The highest BCUT2D eigenvalue weighted by atomic mass is 16.7. The van der Waals surface area contributed by atoms with Gasteiger partial charge < -0.3 is 24.8 Å². The number of hydrogen-bond acceptors (Lipinski definition) is 7. The van der Waals surface area contributed by atoms with E-state index < -0.39 is 24.9 Å². The lowest BCUT2D eigenvalue weighted by Crippen LogP contribution is -2.34. The molecule has 0 spiro atoms. The lowest BCUT2D eigenvalue weighted by Gasteiger charge is -2.08. The van der Waals surface area contributed by atoms with E-state index in [1.807, 2.05) is 0 Å². The fourth-order valence-corrected chi connectivity index (χ4v) is 0.683. The van der Waals surface area contributed by atoms with Gasteiger partial charge in [-0.2, -0.15) is 0 Å². The Hall–Kier alpha value is -2.29. The lowest BCUT2D eigenvalue weighted by molar-refractivity contribution is -0.139. The first-order chi connectivity index (χ1) is 8.97. The van der Waals surface area contributed by atoms with Crippen molar-refractivity contribution in [2.24, 2.45) is 0 Å². The molecule has 0 aliphatic carbocycles. The van der Waals surface area contributed by atoms with Gasteiger partial charge in [-0.25, -0.2) is 14.4 Å². The maximum atomic E-state index is 11.0. The normalized spacial score (nSPS) is 9.16. The molecule has 0 unspecified atom stereocenters. The maximum Gasteiger partial charge on any atom is 0.412 e. The predicted octanol–water partition coefficient (Wildman–Crippen LogP) is -0.350. The SMILES string of the molecule is C=C(C)C(=O)OCNC(=O)OCOC(=O)NCNC. The van der Waals surface area contributed by atoms with Crippen LogP contribution in [0.2, 0.25) is 0 Å². The second-order valence-corrected chi connectivity index (χ2v) is 3.22. The summed E-state index contributed by atoms with van der Waals surface area (Å²) in [6.45, 7) is 4.13. The standard InChI is InChI=1S/C10H17N3O6/c1-7(2)8(14)17-5-13-10(16)19-6-18-9(15)12-4-11-3/h11H,1,4-6H2,2-3H3,(H,12,15)(H,13,16). The lowest BCUT2D eigenvalue weighted by atomic mass is 10.4. The first kappa shape index (κ1) is 16.7. The summed E-state index contributed by atoms with van der Waals surface area (Å²) in [5, 5.41) is 7.09. The molecule has 0 aliphatic rings. The van der Waals surface area contributed by atoms with Crippen LogP contribution in [0.5, 0.6) is 0 Å². The zero-order valence-corrected chi connectivity index (χ0v) is 10.8. The van der Waals surface area contributed by atoms with Crippen molar-refractivity contribution in [2.75, 3.05) is 27.2 Å². The molecule has 0 radical (unpaired) electrons. The van der Waals surface area contributed by atoms with Crippen LogP contribution in [0.3, 0.4) is 0 Å². The molecule has 0 saturated heterocycles. The molecule has 0 saturated carbocycles. The summed E-state index contributed by atoms with van der Waals surface area (Å²) in [4.78, 5) is 32.8. The molecule has 0 aromatic rings. The summed E-state index contributed by atoms with van der Waals surface area (Å²) >= 11 is 0. The smallest absolute Gasteiger partial charge is 0.412 e. The molecule has 0 aromatic heterocycles. The van der Waals surface area contributed by atoms with Gasteiger partial charge in [-0.05, 0) is 14.0 Å². The molecule has 0 fully saturated rings. The Balaban J connectivity index is 3.57. The third-order valence-corrected chi connectivity index (χ3v) is 1.56. The Morgan fingerprint density at radius 3 is 2.16 bits per heavy atom. The zero-order valence-electron chi connectivity index (χ0n) is 10.8. The number of alkyl carbamates (subject to hydrolysis) is 2. The van der Waals surface area contributed by atoms with Gasteiger partial charge in [0.25, 0.3) is 0 Å². The quantitative estimate of drug-likeness (QED) is 0.330. The second-order valence-electron chi connectivity index (χ2n) is 3.22. The fraction of sp³-hybridized carbons (Fsp3) is 0.500. The predicted molar refractivity (Wildman–Crippen MR) is 63.8 cm³/mol. The van der Waals surface area contributed by atoms with E-state index in [2.05, 4.69) is 36.7 Å².